The lowest BCUT2D eigenvalue weighted by molar-refractivity contribution is -0.141. The Labute approximate surface area is 149 Å². The highest BCUT2D eigenvalue weighted by atomic mass is 32.2. The van der Waals surface area contributed by atoms with E-state index in [1.807, 2.05) is 6.07 Å². The van der Waals surface area contributed by atoms with Gasteiger partial charge in [0.05, 0.1) is 22.6 Å². The Balaban J connectivity index is 1.75. The first kappa shape index (κ1) is 18.5. The van der Waals surface area contributed by atoms with Crippen molar-refractivity contribution in [1.29, 1.82) is 5.26 Å². The lowest BCUT2D eigenvalue weighted by Gasteiger charge is -2.10. The lowest BCUT2D eigenvalue weighted by Crippen LogP contribution is -2.24. The second-order valence-corrected chi connectivity index (χ2v) is 6.52. The van der Waals surface area contributed by atoms with Crippen LogP contribution in [0, 0.1) is 18.3 Å². The van der Waals surface area contributed by atoms with Gasteiger partial charge in [0.25, 0.3) is 0 Å². The molecule has 130 valence electrons. The molecule has 0 aliphatic carbocycles. The molecule has 1 N–H and O–H groups in total. The Hall–Kier alpha value is -2.79. The van der Waals surface area contributed by atoms with Gasteiger partial charge in [0.15, 0.2) is 5.82 Å². The quantitative estimate of drug-likeness (QED) is 0.758. The van der Waals surface area contributed by atoms with Gasteiger partial charge in [0.1, 0.15) is 12.4 Å². The van der Waals surface area contributed by atoms with Crippen LogP contribution in [0.2, 0.25) is 0 Å². The van der Waals surface area contributed by atoms with Crippen molar-refractivity contribution in [3.63, 3.8) is 0 Å². The predicted octanol–water partition coefficient (Wildman–Crippen LogP) is 2.66. The Morgan fingerprint density at radius 1 is 1.44 bits per heavy atom. The molecule has 0 aliphatic heterocycles. The normalized spacial score (nSPS) is 11.4. The standard InChI is InChI=1S/C17H17N3O4S/c1-11-7-15(20-24-11)19-17(22)12(2)25-10-16(21)23-9-14-6-4-3-5-13(14)8-18/h3-7,12H,9-10H2,1-2H3,(H,19,20,22)/t12-/m1/s1. The number of carbonyl (C=O) groups is 2. The zero-order valence-electron chi connectivity index (χ0n) is 13.8. The number of anilines is 1. The van der Waals surface area contributed by atoms with Crippen molar-refractivity contribution in [2.45, 2.75) is 25.7 Å². The number of amides is 1. The van der Waals surface area contributed by atoms with E-state index in [0.717, 1.165) is 11.8 Å². The van der Waals surface area contributed by atoms with E-state index in [4.69, 9.17) is 14.5 Å². The number of esters is 1. The van der Waals surface area contributed by atoms with Crippen molar-refractivity contribution in [1.82, 2.24) is 5.16 Å². The van der Waals surface area contributed by atoms with Crippen LogP contribution in [0.15, 0.2) is 34.9 Å². The number of hydrogen-bond donors (Lipinski definition) is 1. The summed E-state index contributed by atoms with van der Waals surface area (Å²) in [6.45, 7) is 3.44. The summed E-state index contributed by atoms with van der Waals surface area (Å²) in [6.07, 6.45) is 0. The molecule has 0 saturated heterocycles. The third-order valence-corrected chi connectivity index (χ3v) is 4.34. The van der Waals surface area contributed by atoms with Crippen LogP contribution in [0.5, 0.6) is 0 Å². The second-order valence-electron chi connectivity index (χ2n) is 5.19. The van der Waals surface area contributed by atoms with Gasteiger partial charge in [0, 0.05) is 11.6 Å². The van der Waals surface area contributed by atoms with Crippen LogP contribution >= 0.6 is 11.8 Å². The Bertz CT molecular complexity index is 797. The number of aromatic nitrogens is 1. The van der Waals surface area contributed by atoms with Gasteiger partial charge in [-0.1, -0.05) is 23.4 Å². The highest BCUT2D eigenvalue weighted by molar-refractivity contribution is 8.01. The number of nitriles is 1. The Kier molecular flexibility index (Phi) is 6.60. The van der Waals surface area contributed by atoms with Gasteiger partial charge in [-0.2, -0.15) is 5.26 Å². The molecule has 0 fully saturated rings. The van der Waals surface area contributed by atoms with Gasteiger partial charge in [-0.3, -0.25) is 9.59 Å². The SMILES string of the molecule is Cc1cc(NC(=O)[C@@H](C)SCC(=O)OCc2ccccc2C#N)no1. The van der Waals surface area contributed by atoms with Crippen molar-refractivity contribution < 1.29 is 18.8 Å². The van der Waals surface area contributed by atoms with Gasteiger partial charge >= 0.3 is 5.97 Å². The van der Waals surface area contributed by atoms with Crippen LogP contribution in [0.3, 0.4) is 0 Å². The molecule has 0 bridgehead atoms. The number of aryl methyl sites for hydroxylation is 1. The maximum absolute atomic E-state index is 12.0. The van der Waals surface area contributed by atoms with Crippen molar-refractivity contribution in [3.8, 4) is 6.07 Å². The van der Waals surface area contributed by atoms with E-state index in [0.29, 0.717) is 22.7 Å². The van der Waals surface area contributed by atoms with Crippen LogP contribution < -0.4 is 5.32 Å². The predicted molar refractivity (Wildman–Crippen MR) is 92.7 cm³/mol. The van der Waals surface area contributed by atoms with E-state index in [9.17, 15) is 9.59 Å². The summed E-state index contributed by atoms with van der Waals surface area (Å²) in [6, 6.07) is 10.6. The molecule has 25 heavy (non-hydrogen) atoms. The van der Waals surface area contributed by atoms with Crippen molar-refractivity contribution in [2.24, 2.45) is 0 Å². The van der Waals surface area contributed by atoms with Gasteiger partial charge in [-0.15, -0.1) is 11.8 Å². The average Bonchev–Trinajstić information content (AvgIpc) is 3.02. The molecule has 0 spiro atoms. The first-order valence-corrected chi connectivity index (χ1v) is 8.54. The minimum Gasteiger partial charge on any atom is -0.460 e. The molecule has 2 rings (SSSR count). The number of ether oxygens (including phenoxy) is 1. The summed E-state index contributed by atoms with van der Waals surface area (Å²) in [5, 5.41) is 14.8. The molecular formula is C17H17N3O4S. The molecule has 1 atom stereocenters. The Morgan fingerprint density at radius 2 is 2.20 bits per heavy atom. The van der Waals surface area contributed by atoms with Crippen molar-refractivity contribution in [2.75, 3.05) is 11.1 Å². The van der Waals surface area contributed by atoms with Gasteiger partial charge in [-0.05, 0) is 19.9 Å². The smallest absolute Gasteiger partial charge is 0.316 e. The maximum Gasteiger partial charge on any atom is 0.316 e. The monoisotopic (exact) mass is 359 g/mol. The number of benzene rings is 1. The van der Waals surface area contributed by atoms with E-state index in [1.54, 1.807) is 44.2 Å². The number of carbonyl (C=O) groups excluding carboxylic acids is 2. The minimum atomic E-state index is -0.462. The third kappa shape index (κ3) is 5.65. The maximum atomic E-state index is 12.0. The minimum absolute atomic E-state index is 0.0289. The van der Waals surface area contributed by atoms with E-state index in [-0.39, 0.29) is 18.3 Å². The summed E-state index contributed by atoms with van der Waals surface area (Å²) in [7, 11) is 0. The van der Waals surface area contributed by atoms with Crippen LogP contribution in [0.25, 0.3) is 0 Å². The van der Waals surface area contributed by atoms with Crippen molar-refractivity contribution in [3.05, 3.63) is 47.2 Å². The topological polar surface area (TPSA) is 105 Å². The van der Waals surface area contributed by atoms with Crippen molar-refractivity contribution >= 4 is 29.5 Å². The fourth-order valence-corrected chi connectivity index (χ4v) is 2.56. The number of nitrogens with zero attached hydrogens (tertiary/aromatic N) is 2. The zero-order valence-corrected chi connectivity index (χ0v) is 14.6. The zero-order chi connectivity index (χ0) is 18.2. The number of hydrogen-bond acceptors (Lipinski definition) is 7. The molecule has 0 unspecified atom stereocenters. The molecule has 0 aliphatic rings. The molecule has 1 amide bonds. The lowest BCUT2D eigenvalue weighted by atomic mass is 10.1. The summed E-state index contributed by atoms with van der Waals surface area (Å²) in [5.74, 6) is 0.235. The molecule has 1 heterocycles. The fraction of sp³-hybridized carbons (Fsp3) is 0.294. The van der Waals surface area contributed by atoms with Crippen LogP contribution in [0.4, 0.5) is 5.82 Å². The molecule has 1 aromatic carbocycles. The molecule has 7 nitrogen and oxygen atoms in total. The largest absolute Gasteiger partial charge is 0.460 e. The Morgan fingerprint density at radius 3 is 2.88 bits per heavy atom. The van der Waals surface area contributed by atoms with Crippen LogP contribution in [-0.4, -0.2) is 28.0 Å². The second kappa shape index (κ2) is 8.89. The summed E-state index contributed by atoms with van der Waals surface area (Å²) < 4.78 is 10.0. The first-order chi connectivity index (χ1) is 12.0. The number of nitrogens with one attached hydrogen (secondary N) is 1. The van der Waals surface area contributed by atoms with Gasteiger partial charge < -0.3 is 14.6 Å². The third-order valence-electron chi connectivity index (χ3n) is 3.23. The summed E-state index contributed by atoms with van der Waals surface area (Å²) in [5.41, 5.74) is 1.12. The summed E-state index contributed by atoms with van der Waals surface area (Å²) in [4.78, 5) is 23.8. The number of thioether (sulfide) groups is 1. The van der Waals surface area contributed by atoms with Gasteiger partial charge in [0.2, 0.25) is 5.91 Å². The van der Waals surface area contributed by atoms with Crippen LogP contribution in [0.1, 0.15) is 23.8 Å². The molecule has 0 radical (unpaired) electrons. The molecular weight excluding hydrogens is 342 g/mol. The van der Waals surface area contributed by atoms with E-state index < -0.39 is 11.2 Å². The van der Waals surface area contributed by atoms with E-state index >= 15 is 0 Å². The van der Waals surface area contributed by atoms with Gasteiger partial charge in [-0.25, -0.2) is 0 Å². The number of rotatable bonds is 7. The average molecular weight is 359 g/mol. The first-order valence-electron chi connectivity index (χ1n) is 7.49. The summed E-state index contributed by atoms with van der Waals surface area (Å²) >= 11 is 1.15. The van der Waals surface area contributed by atoms with E-state index in [2.05, 4.69) is 10.5 Å². The molecule has 2 aromatic rings. The molecule has 8 heteroatoms. The fourth-order valence-electron chi connectivity index (χ4n) is 1.88. The molecule has 0 saturated carbocycles. The highest BCUT2D eigenvalue weighted by Gasteiger charge is 2.17. The molecule has 1 aromatic heterocycles. The van der Waals surface area contributed by atoms with E-state index in [1.165, 1.54) is 0 Å². The van der Waals surface area contributed by atoms with Crippen LogP contribution in [-0.2, 0) is 20.9 Å². The highest BCUT2D eigenvalue weighted by Crippen LogP contribution is 2.15.